The number of halogens is 1. The van der Waals surface area contributed by atoms with Crippen LogP contribution in [0.2, 0.25) is 0 Å². The first-order valence-corrected chi connectivity index (χ1v) is 6.70. The highest BCUT2D eigenvalue weighted by molar-refractivity contribution is 6.17. The van der Waals surface area contributed by atoms with Crippen LogP contribution in [0.5, 0.6) is 0 Å². The molecule has 0 atom stereocenters. The molecule has 1 N–H and O–H groups in total. The number of fused-ring (bicyclic) bond motifs is 1. The second kappa shape index (κ2) is 5.35. The summed E-state index contributed by atoms with van der Waals surface area (Å²) < 4.78 is 1.67. The highest BCUT2D eigenvalue weighted by atomic mass is 35.5. The van der Waals surface area contributed by atoms with E-state index in [2.05, 4.69) is 10.4 Å². The Kier molecular flexibility index (Phi) is 3.39. The molecule has 100 valence electrons. The summed E-state index contributed by atoms with van der Waals surface area (Å²) in [6.07, 6.45) is 3.37. The number of nitrogens with one attached hydrogen (secondary N) is 1. The molecular formula is C15H12ClN3O. The van der Waals surface area contributed by atoms with Crippen LogP contribution in [0.25, 0.3) is 5.52 Å². The first-order chi connectivity index (χ1) is 9.78. The molecular weight excluding hydrogens is 274 g/mol. The van der Waals surface area contributed by atoms with Crippen LogP contribution in [0.4, 0.5) is 5.69 Å². The lowest BCUT2D eigenvalue weighted by Gasteiger charge is -2.04. The van der Waals surface area contributed by atoms with Crippen molar-refractivity contribution < 1.29 is 4.79 Å². The second-order valence-corrected chi connectivity index (χ2v) is 4.64. The van der Waals surface area contributed by atoms with Crippen molar-refractivity contribution in [3.63, 3.8) is 0 Å². The Hall–Kier alpha value is -2.33. The molecule has 2 aromatic heterocycles. The Morgan fingerprint density at radius 2 is 2.00 bits per heavy atom. The van der Waals surface area contributed by atoms with Gasteiger partial charge in [-0.05, 0) is 29.8 Å². The van der Waals surface area contributed by atoms with Crippen LogP contribution >= 0.6 is 11.6 Å². The summed E-state index contributed by atoms with van der Waals surface area (Å²) in [7, 11) is 0. The summed E-state index contributed by atoms with van der Waals surface area (Å²) in [5, 5.41) is 7.00. The third-order valence-corrected chi connectivity index (χ3v) is 3.35. The Morgan fingerprint density at radius 3 is 2.75 bits per heavy atom. The van der Waals surface area contributed by atoms with Gasteiger partial charge in [0, 0.05) is 17.8 Å². The third-order valence-electron chi connectivity index (χ3n) is 3.04. The van der Waals surface area contributed by atoms with E-state index in [4.69, 9.17) is 11.6 Å². The van der Waals surface area contributed by atoms with Crippen molar-refractivity contribution >= 4 is 28.7 Å². The number of carbonyl (C=O) groups is 1. The average Bonchev–Trinajstić information content (AvgIpc) is 2.92. The minimum absolute atomic E-state index is 0.176. The Morgan fingerprint density at radius 1 is 1.20 bits per heavy atom. The molecule has 0 spiro atoms. The zero-order valence-electron chi connectivity index (χ0n) is 10.6. The summed E-state index contributed by atoms with van der Waals surface area (Å²) in [6.45, 7) is 0. The van der Waals surface area contributed by atoms with Crippen LogP contribution in [0.3, 0.4) is 0 Å². The summed E-state index contributed by atoms with van der Waals surface area (Å²) in [4.78, 5) is 12.3. The molecule has 0 aliphatic rings. The molecule has 0 unspecified atom stereocenters. The van der Waals surface area contributed by atoms with E-state index >= 15 is 0 Å². The number of benzene rings is 1. The SMILES string of the molecule is O=C(Nc1ccc(CCl)cc1)c1cnn2ccccc12. The van der Waals surface area contributed by atoms with E-state index in [-0.39, 0.29) is 5.91 Å². The third kappa shape index (κ3) is 2.38. The molecule has 0 saturated carbocycles. The number of alkyl halides is 1. The first-order valence-electron chi connectivity index (χ1n) is 6.16. The number of rotatable bonds is 3. The van der Waals surface area contributed by atoms with Gasteiger partial charge in [0.25, 0.3) is 5.91 Å². The standard InChI is InChI=1S/C15H12ClN3O/c16-9-11-4-6-12(7-5-11)18-15(20)13-10-17-19-8-2-1-3-14(13)19/h1-8,10H,9H2,(H,18,20). The van der Waals surface area contributed by atoms with Crippen molar-refractivity contribution in [2.24, 2.45) is 0 Å². The lowest BCUT2D eigenvalue weighted by atomic mass is 10.2. The van der Waals surface area contributed by atoms with Gasteiger partial charge in [0.1, 0.15) is 0 Å². The fourth-order valence-corrected chi connectivity index (χ4v) is 2.16. The summed E-state index contributed by atoms with van der Waals surface area (Å²) in [5.41, 5.74) is 3.08. The lowest BCUT2D eigenvalue weighted by molar-refractivity contribution is 0.102. The van der Waals surface area contributed by atoms with Crippen molar-refractivity contribution in [1.82, 2.24) is 9.61 Å². The van der Waals surface area contributed by atoms with Gasteiger partial charge < -0.3 is 5.32 Å². The van der Waals surface area contributed by atoms with Gasteiger partial charge in [-0.1, -0.05) is 18.2 Å². The van der Waals surface area contributed by atoms with Crippen LogP contribution in [0, 0.1) is 0 Å². The highest BCUT2D eigenvalue weighted by Gasteiger charge is 2.12. The van der Waals surface area contributed by atoms with E-state index in [9.17, 15) is 4.79 Å². The van der Waals surface area contributed by atoms with Crippen molar-refractivity contribution in [2.45, 2.75) is 5.88 Å². The van der Waals surface area contributed by atoms with Crippen LogP contribution in [-0.2, 0) is 5.88 Å². The molecule has 0 aliphatic heterocycles. The molecule has 0 aliphatic carbocycles. The quantitative estimate of drug-likeness (QED) is 0.750. The molecule has 1 aromatic carbocycles. The van der Waals surface area contributed by atoms with Crippen molar-refractivity contribution in [1.29, 1.82) is 0 Å². The Labute approximate surface area is 121 Å². The maximum absolute atomic E-state index is 12.3. The molecule has 3 rings (SSSR count). The minimum atomic E-state index is -0.176. The summed E-state index contributed by atoms with van der Waals surface area (Å²) in [5.74, 6) is 0.285. The van der Waals surface area contributed by atoms with Gasteiger partial charge in [0.05, 0.1) is 17.3 Å². The number of hydrogen-bond acceptors (Lipinski definition) is 2. The topological polar surface area (TPSA) is 46.4 Å². The number of amides is 1. The largest absolute Gasteiger partial charge is 0.322 e. The van der Waals surface area contributed by atoms with Crippen molar-refractivity contribution in [3.05, 3.63) is 66.0 Å². The minimum Gasteiger partial charge on any atom is -0.322 e. The second-order valence-electron chi connectivity index (χ2n) is 4.37. The molecule has 0 bridgehead atoms. The number of aromatic nitrogens is 2. The zero-order chi connectivity index (χ0) is 13.9. The van der Waals surface area contributed by atoms with Gasteiger partial charge in [-0.25, -0.2) is 4.52 Å². The van der Waals surface area contributed by atoms with Crippen LogP contribution < -0.4 is 5.32 Å². The summed E-state index contributed by atoms with van der Waals surface area (Å²) in [6, 6.07) is 13.0. The van der Waals surface area contributed by atoms with E-state index in [0.717, 1.165) is 16.8 Å². The normalized spacial score (nSPS) is 10.7. The lowest BCUT2D eigenvalue weighted by Crippen LogP contribution is -2.11. The zero-order valence-corrected chi connectivity index (χ0v) is 11.3. The molecule has 4 nitrogen and oxygen atoms in total. The first kappa shape index (κ1) is 12.7. The Bertz CT molecular complexity index is 749. The van der Waals surface area contributed by atoms with Gasteiger partial charge in [0.2, 0.25) is 0 Å². The van der Waals surface area contributed by atoms with Gasteiger partial charge in [0.15, 0.2) is 0 Å². The van der Waals surface area contributed by atoms with Gasteiger partial charge in [-0.2, -0.15) is 5.10 Å². The van der Waals surface area contributed by atoms with Crippen LogP contribution in [-0.4, -0.2) is 15.5 Å². The maximum Gasteiger partial charge on any atom is 0.259 e. The number of hydrogen-bond donors (Lipinski definition) is 1. The molecule has 20 heavy (non-hydrogen) atoms. The number of nitrogens with zero attached hydrogens (tertiary/aromatic N) is 2. The average molecular weight is 286 g/mol. The molecule has 0 saturated heterocycles. The van der Waals surface area contributed by atoms with E-state index in [1.807, 2.05) is 42.5 Å². The fourth-order valence-electron chi connectivity index (χ4n) is 1.99. The molecule has 2 heterocycles. The molecule has 3 aromatic rings. The number of anilines is 1. The molecule has 1 amide bonds. The van der Waals surface area contributed by atoms with Crippen LogP contribution in [0.1, 0.15) is 15.9 Å². The van der Waals surface area contributed by atoms with Crippen molar-refractivity contribution in [2.75, 3.05) is 5.32 Å². The predicted molar refractivity (Wildman–Crippen MR) is 79.1 cm³/mol. The highest BCUT2D eigenvalue weighted by Crippen LogP contribution is 2.15. The van der Waals surface area contributed by atoms with Gasteiger partial charge in [-0.15, -0.1) is 11.6 Å². The smallest absolute Gasteiger partial charge is 0.259 e. The fraction of sp³-hybridized carbons (Fsp3) is 0.0667. The number of pyridine rings is 1. The maximum atomic E-state index is 12.3. The predicted octanol–water partition coefficient (Wildman–Crippen LogP) is 3.33. The monoisotopic (exact) mass is 285 g/mol. The van der Waals surface area contributed by atoms with E-state index < -0.39 is 0 Å². The molecule has 0 fully saturated rings. The van der Waals surface area contributed by atoms with Crippen molar-refractivity contribution in [3.8, 4) is 0 Å². The Balaban J connectivity index is 1.85. The van der Waals surface area contributed by atoms with Gasteiger partial charge >= 0.3 is 0 Å². The van der Waals surface area contributed by atoms with E-state index in [1.165, 1.54) is 0 Å². The van der Waals surface area contributed by atoms with Gasteiger partial charge in [-0.3, -0.25) is 4.79 Å². The molecule has 5 heteroatoms. The number of carbonyl (C=O) groups excluding carboxylic acids is 1. The molecule has 0 radical (unpaired) electrons. The summed E-state index contributed by atoms with van der Waals surface area (Å²) >= 11 is 5.73. The van der Waals surface area contributed by atoms with Crippen LogP contribution in [0.15, 0.2) is 54.9 Å². The van der Waals surface area contributed by atoms with E-state index in [0.29, 0.717) is 11.4 Å². The van der Waals surface area contributed by atoms with E-state index in [1.54, 1.807) is 16.9 Å².